The molecule has 2 aliphatic rings. The van der Waals surface area contributed by atoms with Crippen LogP contribution in [0.15, 0.2) is 100 Å². The second kappa shape index (κ2) is 10.6. The molecule has 3 heterocycles. The first-order valence-corrected chi connectivity index (χ1v) is 13.8. The van der Waals surface area contributed by atoms with E-state index in [2.05, 4.69) is 15.0 Å². The van der Waals surface area contributed by atoms with Crippen molar-refractivity contribution in [3.8, 4) is 0 Å². The van der Waals surface area contributed by atoms with Crippen LogP contribution in [0.4, 0.5) is 23.2 Å². The molecular weight excluding hydrogens is 562 g/mol. The number of Topliss-reactive ketones (excluding diaryl/α,β-unsaturated/α-hetero) is 1. The van der Waals surface area contributed by atoms with Crippen molar-refractivity contribution in [2.24, 2.45) is 16.1 Å². The molecule has 1 aromatic carbocycles. The summed E-state index contributed by atoms with van der Waals surface area (Å²) in [6, 6.07) is 11.7. The zero-order valence-electron chi connectivity index (χ0n) is 21.3. The van der Waals surface area contributed by atoms with Crippen LogP contribution in [0.5, 0.6) is 0 Å². The van der Waals surface area contributed by atoms with Gasteiger partial charge in [-0.1, -0.05) is 11.6 Å². The number of pyridine rings is 2. The van der Waals surface area contributed by atoms with Crippen molar-refractivity contribution in [1.29, 1.82) is 0 Å². The maximum absolute atomic E-state index is 14.1. The van der Waals surface area contributed by atoms with Gasteiger partial charge in [0.15, 0.2) is 5.78 Å². The van der Waals surface area contributed by atoms with Gasteiger partial charge in [0.05, 0.1) is 21.7 Å². The molecule has 2 N–H and O–H groups in total. The Morgan fingerprint density at radius 2 is 1.83 bits per heavy atom. The molecule has 0 saturated carbocycles. The van der Waals surface area contributed by atoms with Gasteiger partial charge in [0.2, 0.25) is 10.0 Å². The van der Waals surface area contributed by atoms with E-state index in [9.17, 15) is 30.8 Å². The fraction of sp³-hybridized carbons (Fsp3) is 0.214. The number of carbonyl (C=O) groups is 1. The van der Waals surface area contributed by atoms with E-state index in [0.717, 1.165) is 16.6 Å². The summed E-state index contributed by atoms with van der Waals surface area (Å²) in [5.74, 6) is -0.897. The third kappa shape index (κ3) is 5.42. The lowest BCUT2D eigenvalue weighted by Gasteiger charge is -2.45. The molecule has 212 valence electrons. The summed E-state index contributed by atoms with van der Waals surface area (Å²) < 4.78 is 81.5. The third-order valence-electron chi connectivity index (χ3n) is 7.09. The molecule has 0 unspecified atom stereocenters. The number of ketones is 1. The number of alkyl halides is 3. The third-order valence-corrected chi connectivity index (χ3v) is 8.93. The molecule has 1 aliphatic heterocycles. The molecule has 1 saturated heterocycles. The van der Waals surface area contributed by atoms with Crippen LogP contribution in [0.2, 0.25) is 0 Å². The average molecular weight is 586 g/mol. The molecule has 13 heteroatoms. The largest absolute Gasteiger partial charge is 0.433 e. The molecule has 5 rings (SSSR count). The van der Waals surface area contributed by atoms with Crippen molar-refractivity contribution in [3.05, 3.63) is 108 Å². The molecule has 0 bridgehead atoms. The first kappa shape index (κ1) is 28.3. The number of allylic oxidation sites excluding steroid dienone is 2. The second-order valence-corrected chi connectivity index (χ2v) is 11.5. The average Bonchev–Trinajstić information content (AvgIpc) is 2.97. The zero-order chi connectivity index (χ0) is 29.4. The summed E-state index contributed by atoms with van der Waals surface area (Å²) in [5.41, 5.74) is 5.14. The summed E-state index contributed by atoms with van der Waals surface area (Å²) in [7, 11) is -4.46. The van der Waals surface area contributed by atoms with Gasteiger partial charge in [-0.3, -0.25) is 14.8 Å². The summed E-state index contributed by atoms with van der Waals surface area (Å²) in [4.78, 5) is 25.5. The number of rotatable bonds is 5. The SMILES string of the molecule is NC=C1C[C@]2(C(=O)c3ccccn3)CN(S(=O)(=O)c3ccnc(C(F)(F)F)c3)CCC2=CC1=Nc1ccc(F)cc1. The van der Waals surface area contributed by atoms with Gasteiger partial charge in [-0.15, -0.1) is 0 Å². The van der Waals surface area contributed by atoms with Crippen LogP contribution in [0.1, 0.15) is 29.0 Å². The first-order chi connectivity index (χ1) is 19.4. The first-order valence-electron chi connectivity index (χ1n) is 12.4. The number of aromatic nitrogens is 2. The molecule has 3 aromatic rings. The lowest BCUT2D eigenvalue weighted by atomic mass is 9.64. The van der Waals surface area contributed by atoms with Crippen molar-refractivity contribution in [1.82, 2.24) is 14.3 Å². The van der Waals surface area contributed by atoms with Gasteiger partial charge in [-0.05, 0) is 79.2 Å². The molecule has 1 aliphatic carbocycles. The summed E-state index contributed by atoms with van der Waals surface area (Å²) in [5, 5.41) is 0. The maximum Gasteiger partial charge on any atom is 0.433 e. The van der Waals surface area contributed by atoms with Crippen molar-refractivity contribution in [2.75, 3.05) is 13.1 Å². The smallest absolute Gasteiger partial charge is 0.404 e. The summed E-state index contributed by atoms with van der Waals surface area (Å²) >= 11 is 0. The Morgan fingerprint density at radius 1 is 1.07 bits per heavy atom. The Hall–Kier alpha value is -4.23. The number of hydrogen-bond donors (Lipinski definition) is 1. The number of sulfonamides is 1. The Morgan fingerprint density at radius 3 is 2.49 bits per heavy atom. The number of nitrogens with zero attached hydrogens (tertiary/aromatic N) is 4. The number of piperidine rings is 1. The van der Waals surface area contributed by atoms with E-state index in [0.29, 0.717) is 28.6 Å². The highest BCUT2D eigenvalue weighted by Gasteiger charge is 2.51. The van der Waals surface area contributed by atoms with Gasteiger partial charge < -0.3 is 5.73 Å². The molecule has 1 fully saturated rings. The van der Waals surface area contributed by atoms with Gasteiger partial charge in [0, 0.05) is 25.5 Å². The van der Waals surface area contributed by atoms with Crippen molar-refractivity contribution >= 4 is 27.2 Å². The van der Waals surface area contributed by atoms with Gasteiger partial charge in [0.1, 0.15) is 17.2 Å². The van der Waals surface area contributed by atoms with E-state index < -0.39 is 43.8 Å². The standard InChI is InChI=1S/C28H23F4N5O3S/c29-20-4-6-21(7-5-20)36-24-13-19-9-12-37(41(39,40)22-8-11-35-25(14-22)28(30,31)32)17-27(19,15-18(24)16-33)26(38)23-3-1-2-10-34-23/h1-8,10-11,13-14,16H,9,12,15,17,33H2/t27-/m0/s1. The van der Waals surface area contributed by atoms with E-state index in [1.165, 1.54) is 42.7 Å². The number of hydrogen-bond acceptors (Lipinski definition) is 7. The lowest BCUT2D eigenvalue weighted by Crippen LogP contribution is -2.53. The van der Waals surface area contributed by atoms with Crippen molar-refractivity contribution in [2.45, 2.75) is 23.9 Å². The van der Waals surface area contributed by atoms with Gasteiger partial charge in [-0.25, -0.2) is 17.8 Å². The predicted octanol–water partition coefficient (Wildman–Crippen LogP) is 4.84. The minimum Gasteiger partial charge on any atom is -0.404 e. The quantitative estimate of drug-likeness (QED) is 0.338. The highest BCUT2D eigenvalue weighted by molar-refractivity contribution is 7.89. The van der Waals surface area contributed by atoms with Crippen LogP contribution in [-0.2, 0) is 16.2 Å². The normalized spacial score (nSPS) is 21.9. The highest BCUT2D eigenvalue weighted by Crippen LogP contribution is 2.47. The molecule has 8 nitrogen and oxygen atoms in total. The number of carbonyl (C=O) groups excluding carboxylic acids is 1. The van der Waals surface area contributed by atoms with Crippen molar-refractivity contribution < 1.29 is 30.8 Å². The number of halogens is 4. The lowest BCUT2D eigenvalue weighted by molar-refractivity contribution is -0.141. The monoisotopic (exact) mass is 585 g/mol. The molecule has 2 aromatic heterocycles. The molecular formula is C28H23F4N5O3S. The van der Waals surface area contributed by atoms with Crippen LogP contribution < -0.4 is 5.73 Å². The molecule has 41 heavy (non-hydrogen) atoms. The fourth-order valence-electron chi connectivity index (χ4n) is 5.04. The van der Waals surface area contributed by atoms with Crippen LogP contribution in [0.25, 0.3) is 0 Å². The zero-order valence-corrected chi connectivity index (χ0v) is 22.2. The fourth-order valence-corrected chi connectivity index (χ4v) is 6.56. The number of aliphatic imine (C=N–C) groups is 1. The number of fused-ring (bicyclic) bond motifs is 1. The Balaban J connectivity index is 1.60. The van der Waals surface area contributed by atoms with Gasteiger partial charge in [0.25, 0.3) is 0 Å². The van der Waals surface area contributed by atoms with E-state index >= 15 is 0 Å². The maximum atomic E-state index is 14.1. The van der Waals surface area contributed by atoms with Crippen LogP contribution in [-0.4, -0.2) is 47.3 Å². The van der Waals surface area contributed by atoms with Gasteiger partial charge >= 0.3 is 6.18 Å². The molecule has 1 atom stereocenters. The Bertz CT molecular complexity index is 1690. The Kier molecular flexibility index (Phi) is 7.34. The van der Waals surface area contributed by atoms with E-state index in [4.69, 9.17) is 5.73 Å². The molecule has 0 amide bonds. The number of benzene rings is 1. The van der Waals surface area contributed by atoms with E-state index in [1.54, 1.807) is 18.2 Å². The second-order valence-electron chi connectivity index (χ2n) is 9.60. The predicted molar refractivity (Wildman–Crippen MR) is 142 cm³/mol. The van der Waals surface area contributed by atoms with E-state index in [-0.39, 0.29) is 31.6 Å². The highest BCUT2D eigenvalue weighted by atomic mass is 32.2. The Labute approximate surface area is 233 Å². The van der Waals surface area contributed by atoms with Crippen LogP contribution in [0.3, 0.4) is 0 Å². The topological polar surface area (TPSA) is 119 Å². The molecule has 0 radical (unpaired) electrons. The van der Waals surface area contributed by atoms with Crippen molar-refractivity contribution in [3.63, 3.8) is 0 Å². The summed E-state index contributed by atoms with van der Waals surface area (Å²) in [6.07, 6.45) is 0.373. The van der Waals surface area contributed by atoms with Gasteiger partial charge in [-0.2, -0.15) is 17.5 Å². The van der Waals surface area contributed by atoms with Crippen LogP contribution in [0, 0.1) is 11.2 Å². The van der Waals surface area contributed by atoms with Crippen LogP contribution >= 0.6 is 0 Å². The minimum absolute atomic E-state index is 0.0407. The number of nitrogens with two attached hydrogens (primary N) is 1. The molecule has 0 spiro atoms. The summed E-state index contributed by atoms with van der Waals surface area (Å²) in [6.45, 7) is -0.456. The van der Waals surface area contributed by atoms with E-state index in [1.807, 2.05) is 0 Å². The minimum atomic E-state index is -4.84.